The highest BCUT2D eigenvalue weighted by molar-refractivity contribution is 7.80. The Bertz CT molecular complexity index is 812. The number of thiocarbonyl (C=S) groups is 1. The molecule has 0 aliphatic carbocycles. The highest BCUT2D eigenvalue weighted by Gasteiger charge is 2.07. The predicted molar refractivity (Wildman–Crippen MR) is 119 cm³/mol. The average Bonchev–Trinajstić information content (AvgIpc) is 2.56. The molecule has 0 aliphatic heterocycles. The van der Waals surface area contributed by atoms with Crippen LogP contribution in [0.1, 0.15) is 28.9 Å². The van der Waals surface area contributed by atoms with Crippen LogP contribution in [-0.4, -0.2) is 41.3 Å². The molecule has 0 amide bonds. The molecule has 0 saturated carbocycles. The van der Waals surface area contributed by atoms with E-state index in [4.69, 9.17) is 17.0 Å². The van der Waals surface area contributed by atoms with Crippen molar-refractivity contribution >= 4 is 34.9 Å². The zero-order valence-corrected chi connectivity index (χ0v) is 17.9. The van der Waals surface area contributed by atoms with Crippen LogP contribution in [0.4, 0.5) is 11.6 Å². The van der Waals surface area contributed by atoms with Crippen molar-refractivity contribution in [3.05, 3.63) is 46.8 Å². The number of aryl methyl sites for hydroxylation is 4. The first-order valence-corrected chi connectivity index (χ1v) is 9.55. The van der Waals surface area contributed by atoms with Gasteiger partial charge in [0.2, 0.25) is 11.9 Å². The van der Waals surface area contributed by atoms with Gasteiger partial charge < -0.3 is 15.4 Å². The lowest BCUT2D eigenvalue weighted by atomic mass is 10.1. The van der Waals surface area contributed by atoms with E-state index in [-0.39, 0.29) is 0 Å². The Hall–Kier alpha value is -2.58. The Morgan fingerprint density at radius 2 is 1.64 bits per heavy atom. The minimum Gasteiger partial charge on any atom is -0.385 e. The zero-order chi connectivity index (χ0) is 20.5. The van der Waals surface area contributed by atoms with Gasteiger partial charge in [0.05, 0.1) is 0 Å². The molecule has 28 heavy (non-hydrogen) atoms. The van der Waals surface area contributed by atoms with Crippen LogP contribution in [0.3, 0.4) is 0 Å². The summed E-state index contributed by atoms with van der Waals surface area (Å²) in [5.74, 6) is 0.965. The molecule has 0 aliphatic rings. The predicted octanol–water partition coefficient (Wildman–Crippen LogP) is 3.50. The fourth-order valence-electron chi connectivity index (χ4n) is 2.71. The largest absolute Gasteiger partial charge is 0.385 e. The number of anilines is 2. The second kappa shape index (κ2) is 10.7. The molecule has 0 radical (unpaired) electrons. The highest BCUT2D eigenvalue weighted by Crippen LogP contribution is 2.13. The number of rotatable bonds is 6. The van der Waals surface area contributed by atoms with E-state index >= 15 is 0 Å². The van der Waals surface area contributed by atoms with Crippen LogP contribution in [0.5, 0.6) is 0 Å². The molecule has 1 heterocycles. The molecule has 3 N–H and O–H groups in total. The number of aliphatic imine (C=N–C) groups is 1. The molecule has 0 fully saturated rings. The summed E-state index contributed by atoms with van der Waals surface area (Å²) < 4.78 is 5.08. The molecule has 1 aromatic heterocycles. The van der Waals surface area contributed by atoms with Gasteiger partial charge in [0.15, 0.2) is 5.11 Å². The highest BCUT2D eigenvalue weighted by atomic mass is 32.1. The molecule has 0 atom stereocenters. The van der Waals surface area contributed by atoms with Gasteiger partial charge in [-0.25, -0.2) is 9.97 Å². The summed E-state index contributed by atoms with van der Waals surface area (Å²) in [4.78, 5) is 13.3. The summed E-state index contributed by atoms with van der Waals surface area (Å²) in [6, 6.07) is 8.11. The van der Waals surface area contributed by atoms with Gasteiger partial charge in [-0.05, 0) is 75.7 Å². The monoisotopic (exact) mass is 400 g/mol. The van der Waals surface area contributed by atoms with Gasteiger partial charge in [0.1, 0.15) is 0 Å². The topological polar surface area (TPSA) is 83.5 Å². The van der Waals surface area contributed by atoms with Crippen molar-refractivity contribution < 1.29 is 4.74 Å². The van der Waals surface area contributed by atoms with E-state index in [0.717, 1.165) is 23.5 Å². The Morgan fingerprint density at radius 3 is 2.25 bits per heavy atom. The Kier molecular flexibility index (Phi) is 8.28. The van der Waals surface area contributed by atoms with Gasteiger partial charge in [-0.3, -0.25) is 10.3 Å². The minimum atomic E-state index is 0.437. The maximum absolute atomic E-state index is 5.46. The Balaban J connectivity index is 2.10. The third kappa shape index (κ3) is 7.58. The number of hydrogen-bond donors (Lipinski definition) is 3. The molecule has 7 nitrogen and oxygen atoms in total. The second-order valence-electron chi connectivity index (χ2n) is 6.63. The van der Waals surface area contributed by atoms with Crippen LogP contribution in [0.2, 0.25) is 0 Å². The summed E-state index contributed by atoms with van der Waals surface area (Å²) in [5.41, 5.74) is 5.02. The Labute approximate surface area is 172 Å². The molecule has 0 bridgehead atoms. The fraction of sp³-hybridized carbons (Fsp3) is 0.400. The molecule has 150 valence electrons. The third-order valence-corrected chi connectivity index (χ3v) is 3.90. The van der Waals surface area contributed by atoms with E-state index in [2.05, 4.69) is 50.8 Å². The maximum atomic E-state index is 5.46. The lowest BCUT2D eigenvalue weighted by Gasteiger charge is -2.15. The van der Waals surface area contributed by atoms with Crippen LogP contribution >= 0.6 is 12.2 Å². The van der Waals surface area contributed by atoms with Crippen molar-refractivity contribution in [3.63, 3.8) is 0 Å². The standard InChI is InChI=1S/C20H28N6OS/c1-13-9-14(2)11-17(10-13)24-20(28)26-18(21-7-6-8-27-5)25-19-22-15(3)12-16(4)23-19/h9-12H,6-8H2,1-5H3,(H3,21,22,23,24,25,26,28). The number of ether oxygens (including phenoxy) is 1. The maximum Gasteiger partial charge on any atom is 0.229 e. The van der Waals surface area contributed by atoms with Crippen molar-refractivity contribution in [2.45, 2.75) is 34.1 Å². The summed E-state index contributed by atoms with van der Waals surface area (Å²) in [5, 5.41) is 9.87. The summed E-state index contributed by atoms with van der Waals surface area (Å²) in [6.45, 7) is 9.18. The first kappa shape index (κ1) is 21.7. The molecule has 1 aromatic carbocycles. The summed E-state index contributed by atoms with van der Waals surface area (Å²) in [7, 11) is 1.67. The van der Waals surface area contributed by atoms with Gasteiger partial charge in [-0.1, -0.05) is 6.07 Å². The fourth-order valence-corrected chi connectivity index (χ4v) is 2.93. The number of nitrogens with one attached hydrogen (secondary N) is 3. The van der Waals surface area contributed by atoms with Gasteiger partial charge in [0, 0.05) is 37.3 Å². The second-order valence-corrected chi connectivity index (χ2v) is 7.04. The minimum absolute atomic E-state index is 0.437. The smallest absolute Gasteiger partial charge is 0.229 e. The number of guanidine groups is 1. The zero-order valence-electron chi connectivity index (χ0n) is 17.1. The molecule has 8 heteroatoms. The summed E-state index contributed by atoms with van der Waals surface area (Å²) in [6.07, 6.45) is 0.800. The number of hydrogen-bond acceptors (Lipinski definition) is 5. The summed E-state index contributed by atoms with van der Waals surface area (Å²) >= 11 is 5.46. The van der Waals surface area contributed by atoms with Gasteiger partial charge >= 0.3 is 0 Å². The SMILES string of the molecule is COCCCN=C(NC(=S)Nc1cc(C)cc(C)c1)Nc1nc(C)cc(C)n1. The molecular formula is C20H28N6OS. The van der Waals surface area contributed by atoms with Gasteiger partial charge in [-0.15, -0.1) is 0 Å². The van der Waals surface area contributed by atoms with E-state index < -0.39 is 0 Å². The number of benzene rings is 1. The van der Waals surface area contributed by atoms with Crippen molar-refractivity contribution in [2.75, 3.05) is 30.9 Å². The quantitative estimate of drug-likeness (QED) is 0.296. The lowest BCUT2D eigenvalue weighted by Crippen LogP contribution is -2.39. The first-order valence-electron chi connectivity index (χ1n) is 9.14. The van der Waals surface area contributed by atoms with Crippen molar-refractivity contribution in [1.29, 1.82) is 0 Å². The van der Waals surface area contributed by atoms with E-state index in [1.54, 1.807) is 7.11 Å². The molecule has 0 unspecified atom stereocenters. The average molecular weight is 401 g/mol. The van der Waals surface area contributed by atoms with Crippen LogP contribution in [-0.2, 0) is 4.74 Å². The van der Waals surface area contributed by atoms with Crippen molar-refractivity contribution in [3.8, 4) is 0 Å². The van der Waals surface area contributed by atoms with Crippen LogP contribution in [0, 0.1) is 27.7 Å². The number of nitrogens with zero attached hydrogens (tertiary/aromatic N) is 3. The van der Waals surface area contributed by atoms with E-state index in [1.807, 2.05) is 32.0 Å². The normalized spacial score (nSPS) is 11.2. The van der Waals surface area contributed by atoms with E-state index in [1.165, 1.54) is 11.1 Å². The van der Waals surface area contributed by atoms with Crippen LogP contribution < -0.4 is 16.0 Å². The van der Waals surface area contributed by atoms with E-state index in [0.29, 0.717) is 30.2 Å². The Morgan fingerprint density at radius 1 is 1.00 bits per heavy atom. The molecule has 0 spiro atoms. The number of methoxy groups -OCH3 is 1. The molecule has 0 saturated heterocycles. The first-order chi connectivity index (χ1) is 13.4. The number of aromatic nitrogens is 2. The van der Waals surface area contributed by atoms with Gasteiger partial charge in [-0.2, -0.15) is 0 Å². The molecule has 2 rings (SSSR count). The van der Waals surface area contributed by atoms with Crippen molar-refractivity contribution in [1.82, 2.24) is 15.3 Å². The van der Waals surface area contributed by atoms with Crippen molar-refractivity contribution in [2.24, 2.45) is 4.99 Å². The van der Waals surface area contributed by atoms with Gasteiger partial charge in [0.25, 0.3) is 0 Å². The van der Waals surface area contributed by atoms with Crippen LogP contribution in [0.15, 0.2) is 29.3 Å². The molecular weight excluding hydrogens is 372 g/mol. The van der Waals surface area contributed by atoms with Crippen LogP contribution in [0.25, 0.3) is 0 Å². The molecule has 2 aromatic rings. The van der Waals surface area contributed by atoms with E-state index in [9.17, 15) is 0 Å². The lowest BCUT2D eigenvalue weighted by molar-refractivity contribution is 0.197. The third-order valence-electron chi connectivity index (χ3n) is 3.70.